The van der Waals surface area contributed by atoms with Gasteiger partial charge in [-0.3, -0.25) is 0 Å². The van der Waals surface area contributed by atoms with Crippen molar-refractivity contribution < 1.29 is 14.4 Å². The van der Waals surface area contributed by atoms with E-state index in [2.05, 4.69) is 14.9 Å². The summed E-state index contributed by atoms with van der Waals surface area (Å²) in [6.45, 7) is 3.30. The van der Waals surface area contributed by atoms with Gasteiger partial charge in [-0.05, 0) is 29.2 Å². The number of aromatic nitrogens is 2. The summed E-state index contributed by atoms with van der Waals surface area (Å²) in [6.07, 6.45) is 3.05. The average molecular weight is 345 g/mol. The number of hydrogen-bond acceptors (Lipinski definition) is 6. The molecule has 25 heavy (non-hydrogen) atoms. The number of nitrogens with zero attached hydrogens (tertiary/aromatic N) is 5. The highest BCUT2D eigenvalue weighted by atomic mass is 16.6. The van der Waals surface area contributed by atoms with Crippen LogP contribution in [0.25, 0.3) is 0 Å². The van der Waals surface area contributed by atoms with E-state index in [9.17, 15) is 10.1 Å². The molecule has 9 heteroatoms. The van der Waals surface area contributed by atoms with Crippen LogP contribution in [0.15, 0.2) is 35.5 Å². The molecule has 132 valence electrons. The van der Waals surface area contributed by atoms with E-state index in [1.165, 1.54) is 10.8 Å². The fraction of sp³-hybridized carbons (Fsp3) is 0.375. The molecule has 1 saturated heterocycles. The lowest BCUT2D eigenvalue weighted by Crippen LogP contribution is -2.34. The minimum atomic E-state index is -0.474. The van der Waals surface area contributed by atoms with Crippen LogP contribution in [0.5, 0.6) is 5.75 Å². The maximum Gasteiger partial charge on any atom is 0.342 e. The molecule has 1 aliphatic heterocycles. The van der Waals surface area contributed by atoms with Gasteiger partial charge in [-0.15, -0.1) is 0 Å². The van der Waals surface area contributed by atoms with Crippen LogP contribution < -0.4 is 4.74 Å². The standard InChI is InChI=1S/C16H19N5O4/c1-19-15(17-10-16(19)21(22)23)11-25-14-4-2-13(3-5-14)18-12-20-6-8-24-9-7-20/h2-5,10,12H,6-9,11H2,1H3. The zero-order valence-corrected chi connectivity index (χ0v) is 13.9. The van der Waals surface area contributed by atoms with Gasteiger partial charge in [0.2, 0.25) is 5.82 Å². The molecule has 2 aromatic rings. The summed E-state index contributed by atoms with van der Waals surface area (Å²) in [6, 6.07) is 7.33. The summed E-state index contributed by atoms with van der Waals surface area (Å²) in [4.78, 5) is 20.9. The Morgan fingerprint density at radius 3 is 2.72 bits per heavy atom. The third-order valence-electron chi connectivity index (χ3n) is 3.87. The van der Waals surface area contributed by atoms with Gasteiger partial charge in [0.05, 0.1) is 32.3 Å². The number of aliphatic imine (C=N–C) groups is 1. The fourth-order valence-corrected chi connectivity index (χ4v) is 2.36. The highest BCUT2D eigenvalue weighted by molar-refractivity contribution is 5.61. The lowest BCUT2D eigenvalue weighted by molar-refractivity contribution is -0.391. The first kappa shape index (κ1) is 16.9. The first-order chi connectivity index (χ1) is 12.1. The molecule has 2 heterocycles. The maximum absolute atomic E-state index is 10.8. The molecule has 0 atom stereocenters. The molecule has 0 unspecified atom stereocenters. The van der Waals surface area contributed by atoms with E-state index in [4.69, 9.17) is 9.47 Å². The number of rotatable bonds is 6. The molecule has 1 aromatic carbocycles. The van der Waals surface area contributed by atoms with Crippen molar-refractivity contribution in [3.05, 3.63) is 46.4 Å². The Kier molecular flexibility index (Phi) is 5.24. The van der Waals surface area contributed by atoms with Crippen LogP contribution >= 0.6 is 0 Å². The van der Waals surface area contributed by atoms with Crippen molar-refractivity contribution in [1.29, 1.82) is 0 Å². The summed E-state index contributed by atoms with van der Waals surface area (Å²) in [5, 5.41) is 10.8. The summed E-state index contributed by atoms with van der Waals surface area (Å²) >= 11 is 0. The van der Waals surface area contributed by atoms with Gasteiger partial charge in [-0.1, -0.05) is 0 Å². The number of morpholine rings is 1. The molecule has 0 saturated carbocycles. The molecule has 0 radical (unpaired) electrons. The predicted octanol–water partition coefficient (Wildman–Crippen LogP) is 1.90. The molecular weight excluding hydrogens is 326 g/mol. The quantitative estimate of drug-likeness (QED) is 0.343. The Morgan fingerprint density at radius 1 is 1.36 bits per heavy atom. The van der Waals surface area contributed by atoms with Crippen LogP contribution in [0.2, 0.25) is 0 Å². The molecule has 0 amide bonds. The van der Waals surface area contributed by atoms with Crippen molar-refractivity contribution in [3.8, 4) is 5.75 Å². The van der Waals surface area contributed by atoms with Crippen molar-refractivity contribution in [2.24, 2.45) is 12.0 Å². The first-order valence-electron chi connectivity index (χ1n) is 7.87. The Balaban J connectivity index is 1.55. The van der Waals surface area contributed by atoms with E-state index in [0.29, 0.717) is 11.6 Å². The minimum absolute atomic E-state index is 0.0635. The van der Waals surface area contributed by atoms with E-state index in [1.807, 2.05) is 30.6 Å². The third kappa shape index (κ3) is 4.32. The molecule has 3 rings (SSSR count). The number of imidazole rings is 1. The van der Waals surface area contributed by atoms with Crippen molar-refractivity contribution in [2.45, 2.75) is 6.61 Å². The van der Waals surface area contributed by atoms with Gasteiger partial charge in [-0.2, -0.15) is 0 Å². The van der Waals surface area contributed by atoms with Crippen LogP contribution in [0.4, 0.5) is 11.5 Å². The molecule has 9 nitrogen and oxygen atoms in total. The van der Waals surface area contributed by atoms with Crippen molar-refractivity contribution >= 4 is 17.8 Å². The Morgan fingerprint density at radius 2 is 2.08 bits per heavy atom. The average Bonchev–Trinajstić information content (AvgIpc) is 3.01. The summed E-state index contributed by atoms with van der Waals surface area (Å²) in [5.74, 6) is 1.07. The normalized spacial score (nSPS) is 14.8. The second-order valence-corrected chi connectivity index (χ2v) is 5.52. The molecule has 0 bridgehead atoms. The van der Waals surface area contributed by atoms with E-state index < -0.39 is 4.92 Å². The summed E-state index contributed by atoms with van der Waals surface area (Å²) in [7, 11) is 1.59. The second kappa shape index (κ2) is 7.75. The Labute approximate surface area is 144 Å². The van der Waals surface area contributed by atoms with Crippen molar-refractivity contribution in [3.63, 3.8) is 0 Å². The fourth-order valence-electron chi connectivity index (χ4n) is 2.36. The molecule has 0 N–H and O–H groups in total. The van der Waals surface area contributed by atoms with Gasteiger partial charge in [-0.25, -0.2) is 14.5 Å². The van der Waals surface area contributed by atoms with Crippen LogP contribution in [0.1, 0.15) is 5.82 Å². The topological polar surface area (TPSA) is 95.0 Å². The zero-order chi connectivity index (χ0) is 17.6. The van der Waals surface area contributed by atoms with Crippen LogP contribution in [0, 0.1) is 10.1 Å². The monoisotopic (exact) mass is 345 g/mol. The maximum atomic E-state index is 10.8. The number of nitro groups is 1. The van der Waals surface area contributed by atoms with Gasteiger partial charge < -0.3 is 24.5 Å². The highest BCUT2D eigenvalue weighted by Crippen LogP contribution is 2.19. The van der Waals surface area contributed by atoms with E-state index >= 15 is 0 Å². The van der Waals surface area contributed by atoms with Crippen molar-refractivity contribution in [1.82, 2.24) is 14.5 Å². The Hall–Kier alpha value is -2.94. The van der Waals surface area contributed by atoms with E-state index in [0.717, 1.165) is 32.0 Å². The SMILES string of the molecule is Cn1c([N+](=O)[O-])cnc1COc1ccc(N=CN2CCOCC2)cc1. The van der Waals surface area contributed by atoms with Gasteiger partial charge in [0.25, 0.3) is 0 Å². The van der Waals surface area contributed by atoms with Crippen molar-refractivity contribution in [2.75, 3.05) is 26.3 Å². The lowest BCUT2D eigenvalue weighted by Gasteiger charge is -2.24. The molecular formula is C16H19N5O4. The second-order valence-electron chi connectivity index (χ2n) is 5.52. The summed E-state index contributed by atoms with van der Waals surface area (Å²) in [5.41, 5.74) is 0.825. The van der Waals surface area contributed by atoms with Gasteiger partial charge in [0.1, 0.15) is 11.9 Å². The predicted molar refractivity (Wildman–Crippen MR) is 91.2 cm³/mol. The largest absolute Gasteiger partial charge is 0.483 e. The molecule has 0 spiro atoms. The van der Waals surface area contributed by atoms with E-state index in [-0.39, 0.29) is 12.4 Å². The molecule has 1 aromatic heterocycles. The highest BCUT2D eigenvalue weighted by Gasteiger charge is 2.16. The summed E-state index contributed by atoms with van der Waals surface area (Å²) < 4.78 is 12.3. The number of hydrogen-bond donors (Lipinski definition) is 0. The van der Waals surface area contributed by atoms with Crippen LogP contribution in [-0.4, -0.2) is 52.0 Å². The molecule has 1 fully saturated rings. The lowest BCUT2D eigenvalue weighted by atomic mass is 10.3. The molecule has 1 aliphatic rings. The molecule has 0 aliphatic carbocycles. The Bertz CT molecular complexity index is 750. The minimum Gasteiger partial charge on any atom is -0.483 e. The number of ether oxygens (including phenoxy) is 2. The number of benzene rings is 1. The smallest absolute Gasteiger partial charge is 0.342 e. The van der Waals surface area contributed by atoms with Crippen LogP contribution in [0.3, 0.4) is 0 Å². The third-order valence-corrected chi connectivity index (χ3v) is 3.87. The van der Waals surface area contributed by atoms with Gasteiger partial charge >= 0.3 is 5.82 Å². The van der Waals surface area contributed by atoms with Gasteiger partial charge in [0.15, 0.2) is 6.61 Å². The van der Waals surface area contributed by atoms with Gasteiger partial charge in [0, 0.05) is 13.1 Å². The van der Waals surface area contributed by atoms with E-state index in [1.54, 1.807) is 7.05 Å². The zero-order valence-electron chi connectivity index (χ0n) is 13.9. The first-order valence-corrected chi connectivity index (χ1v) is 7.87. The van der Waals surface area contributed by atoms with Crippen LogP contribution in [-0.2, 0) is 18.4 Å².